The summed E-state index contributed by atoms with van der Waals surface area (Å²) in [4.78, 5) is 12.4. The van der Waals surface area contributed by atoms with Gasteiger partial charge >= 0.3 is 0 Å². The molecule has 1 aromatic rings. The molecule has 0 spiro atoms. The van der Waals surface area contributed by atoms with Gasteiger partial charge in [0, 0.05) is 12.1 Å². The van der Waals surface area contributed by atoms with Crippen LogP contribution in [0.15, 0.2) is 24.3 Å². The lowest BCUT2D eigenvalue weighted by molar-refractivity contribution is 0.0944. The van der Waals surface area contributed by atoms with Crippen molar-refractivity contribution in [2.45, 2.75) is 46.0 Å². The highest BCUT2D eigenvalue weighted by Gasteiger charge is 2.21. The van der Waals surface area contributed by atoms with E-state index in [1.807, 2.05) is 24.3 Å². The third kappa shape index (κ3) is 4.64. The fourth-order valence-corrected chi connectivity index (χ4v) is 2.35. The molecule has 1 amide bonds. The van der Waals surface area contributed by atoms with Crippen LogP contribution in [-0.4, -0.2) is 19.0 Å². The van der Waals surface area contributed by atoms with Gasteiger partial charge in [0.05, 0.1) is 0 Å². The summed E-state index contributed by atoms with van der Waals surface area (Å²) >= 11 is 0. The molecule has 0 aromatic heterocycles. The smallest absolute Gasteiger partial charge is 0.251 e. The maximum Gasteiger partial charge on any atom is 0.251 e. The number of nitrogens with one attached hydrogen (secondary N) is 1. The Balaban J connectivity index is 2.78. The van der Waals surface area contributed by atoms with Crippen molar-refractivity contribution in [3.63, 3.8) is 0 Å². The first kappa shape index (κ1) is 16.7. The van der Waals surface area contributed by atoms with Gasteiger partial charge in [-0.2, -0.15) is 0 Å². The fraction of sp³-hybridized carbons (Fsp3) is 0.588. The van der Waals surface area contributed by atoms with Gasteiger partial charge in [0.15, 0.2) is 0 Å². The molecule has 0 radical (unpaired) electrons. The van der Waals surface area contributed by atoms with Crippen LogP contribution < -0.4 is 11.1 Å². The molecule has 0 heterocycles. The summed E-state index contributed by atoms with van der Waals surface area (Å²) in [5.74, 6) is 0.483. The van der Waals surface area contributed by atoms with Crippen molar-refractivity contribution in [1.29, 1.82) is 0 Å². The molecular formula is C17H28N2O. The van der Waals surface area contributed by atoms with Gasteiger partial charge in [0.25, 0.3) is 5.91 Å². The van der Waals surface area contributed by atoms with Crippen molar-refractivity contribution in [3.05, 3.63) is 35.4 Å². The van der Waals surface area contributed by atoms with Crippen molar-refractivity contribution in [3.8, 4) is 0 Å². The number of carbonyl (C=O) groups is 1. The van der Waals surface area contributed by atoms with Crippen LogP contribution >= 0.6 is 0 Å². The second kappa shape index (κ2) is 7.44. The number of hydrogen-bond donors (Lipinski definition) is 2. The number of hydrogen-bond acceptors (Lipinski definition) is 2. The molecule has 0 bridgehead atoms. The largest absolute Gasteiger partial charge is 0.352 e. The minimum Gasteiger partial charge on any atom is -0.352 e. The van der Waals surface area contributed by atoms with E-state index in [2.05, 4.69) is 33.0 Å². The Morgan fingerprint density at radius 2 is 1.95 bits per heavy atom. The lowest BCUT2D eigenvalue weighted by atomic mass is 9.83. The standard InChI is InChI=1S/C17H28N2O/c1-5-13(10-11-18)12-19-16(20)14-8-6-7-9-15(14)17(2,3)4/h6-9,13H,5,10-12,18H2,1-4H3,(H,19,20). The molecule has 1 atom stereocenters. The van der Waals surface area contributed by atoms with Crippen LogP contribution in [0.25, 0.3) is 0 Å². The van der Waals surface area contributed by atoms with Crippen LogP contribution in [0.3, 0.4) is 0 Å². The van der Waals surface area contributed by atoms with Gasteiger partial charge in [-0.05, 0) is 35.9 Å². The van der Waals surface area contributed by atoms with Gasteiger partial charge in [-0.25, -0.2) is 0 Å². The van der Waals surface area contributed by atoms with E-state index in [0.29, 0.717) is 19.0 Å². The molecule has 1 rings (SSSR count). The predicted octanol–water partition coefficient (Wildman–Crippen LogP) is 3.09. The van der Waals surface area contributed by atoms with Gasteiger partial charge in [-0.1, -0.05) is 52.3 Å². The van der Waals surface area contributed by atoms with E-state index in [1.54, 1.807) is 0 Å². The first-order valence-electron chi connectivity index (χ1n) is 7.48. The Kier molecular flexibility index (Phi) is 6.21. The molecule has 0 aliphatic heterocycles. The van der Waals surface area contributed by atoms with Crippen molar-refractivity contribution in [1.82, 2.24) is 5.32 Å². The van der Waals surface area contributed by atoms with E-state index in [-0.39, 0.29) is 11.3 Å². The van der Waals surface area contributed by atoms with Crippen molar-refractivity contribution < 1.29 is 4.79 Å². The second-order valence-electron chi connectivity index (χ2n) is 6.36. The summed E-state index contributed by atoms with van der Waals surface area (Å²) in [6, 6.07) is 7.84. The van der Waals surface area contributed by atoms with Gasteiger partial charge < -0.3 is 11.1 Å². The van der Waals surface area contributed by atoms with Crippen molar-refractivity contribution in [2.24, 2.45) is 11.7 Å². The number of amides is 1. The predicted molar refractivity (Wildman–Crippen MR) is 84.9 cm³/mol. The normalized spacial score (nSPS) is 13.1. The molecular weight excluding hydrogens is 248 g/mol. The van der Waals surface area contributed by atoms with E-state index in [0.717, 1.165) is 24.0 Å². The third-order valence-corrected chi connectivity index (χ3v) is 3.68. The number of benzene rings is 1. The highest BCUT2D eigenvalue weighted by atomic mass is 16.1. The summed E-state index contributed by atoms with van der Waals surface area (Å²) in [5.41, 5.74) is 7.43. The Morgan fingerprint density at radius 1 is 1.30 bits per heavy atom. The molecule has 1 aromatic carbocycles. The molecule has 20 heavy (non-hydrogen) atoms. The summed E-state index contributed by atoms with van der Waals surface area (Å²) in [5, 5.41) is 3.05. The number of nitrogens with two attached hydrogens (primary N) is 1. The van der Waals surface area contributed by atoms with Crippen LogP contribution in [-0.2, 0) is 5.41 Å². The van der Waals surface area contributed by atoms with Crippen LogP contribution in [0, 0.1) is 5.92 Å². The molecule has 0 aliphatic rings. The molecule has 3 nitrogen and oxygen atoms in total. The molecule has 3 heteroatoms. The Bertz CT molecular complexity index is 435. The third-order valence-electron chi connectivity index (χ3n) is 3.68. The van der Waals surface area contributed by atoms with Gasteiger partial charge in [-0.3, -0.25) is 4.79 Å². The lowest BCUT2D eigenvalue weighted by Crippen LogP contribution is -2.32. The first-order chi connectivity index (χ1) is 9.40. The zero-order valence-electron chi connectivity index (χ0n) is 13.2. The second-order valence-corrected chi connectivity index (χ2v) is 6.36. The Hall–Kier alpha value is -1.35. The monoisotopic (exact) mass is 276 g/mol. The van der Waals surface area contributed by atoms with Crippen LogP contribution in [0.5, 0.6) is 0 Å². The SMILES string of the molecule is CCC(CCN)CNC(=O)c1ccccc1C(C)(C)C. The molecule has 0 saturated heterocycles. The Morgan fingerprint density at radius 3 is 2.50 bits per heavy atom. The molecule has 0 saturated carbocycles. The van der Waals surface area contributed by atoms with Gasteiger partial charge in [-0.15, -0.1) is 0 Å². The summed E-state index contributed by atoms with van der Waals surface area (Å²) in [7, 11) is 0. The zero-order chi connectivity index (χ0) is 15.2. The topological polar surface area (TPSA) is 55.1 Å². The Labute approximate surface area is 122 Å². The first-order valence-corrected chi connectivity index (χ1v) is 7.48. The van der Waals surface area contributed by atoms with Crippen molar-refractivity contribution >= 4 is 5.91 Å². The molecule has 112 valence electrons. The van der Waals surface area contributed by atoms with E-state index in [4.69, 9.17) is 5.73 Å². The molecule has 0 aliphatic carbocycles. The minimum atomic E-state index is -0.0324. The maximum absolute atomic E-state index is 12.4. The maximum atomic E-state index is 12.4. The number of rotatable bonds is 6. The molecule has 1 unspecified atom stereocenters. The summed E-state index contributed by atoms with van der Waals surface area (Å²) < 4.78 is 0. The summed E-state index contributed by atoms with van der Waals surface area (Å²) in [6.45, 7) is 9.89. The van der Waals surface area contributed by atoms with E-state index >= 15 is 0 Å². The quantitative estimate of drug-likeness (QED) is 0.839. The highest BCUT2D eigenvalue weighted by molar-refractivity contribution is 5.96. The minimum absolute atomic E-state index is 0.0194. The van der Waals surface area contributed by atoms with Crippen LogP contribution in [0.1, 0.15) is 56.5 Å². The van der Waals surface area contributed by atoms with E-state index in [1.165, 1.54) is 0 Å². The summed E-state index contributed by atoms with van der Waals surface area (Å²) in [6.07, 6.45) is 2.00. The zero-order valence-corrected chi connectivity index (χ0v) is 13.2. The van der Waals surface area contributed by atoms with E-state index in [9.17, 15) is 4.79 Å². The number of carbonyl (C=O) groups excluding carboxylic acids is 1. The molecule has 0 fully saturated rings. The van der Waals surface area contributed by atoms with E-state index < -0.39 is 0 Å². The molecule has 3 N–H and O–H groups in total. The van der Waals surface area contributed by atoms with Gasteiger partial charge in [0.1, 0.15) is 0 Å². The fourth-order valence-electron chi connectivity index (χ4n) is 2.35. The highest BCUT2D eigenvalue weighted by Crippen LogP contribution is 2.25. The lowest BCUT2D eigenvalue weighted by Gasteiger charge is -2.23. The average Bonchev–Trinajstić information content (AvgIpc) is 2.42. The van der Waals surface area contributed by atoms with Crippen LogP contribution in [0.4, 0.5) is 0 Å². The average molecular weight is 276 g/mol. The van der Waals surface area contributed by atoms with Crippen molar-refractivity contribution in [2.75, 3.05) is 13.1 Å². The van der Waals surface area contributed by atoms with Crippen LogP contribution in [0.2, 0.25) is 0 Å². The van der Waals surface area contributed by atoms with Gasteiger partial charge in [0.2, 0.25) is 0 Å².